The van der Waals surface area contributed by atoms with Crippen molar-refractivity contribution in [3.05, 3.63) is 10.1 Å². The molecule has 0 aliphatic carbocycles. The lowest BCUT2D eigenvalue weighted by molar-refractivity contribution is -0.537. The van der Waals surface area contributed by atoms with Crippen LogP contribution in [-0.2, 0) is 0 Å². The first-order chi connectivity index (χ1) is 6.06. The quantitative estimate of drug-likeness (QED) is 0.300. The van der Waals surface area contributed by atoms with Gasteiger partial charge in [0, 0.05) is 33.7 Å². The van der Waals surface area contributed by atoms with Gasteiger partial charge in [-0.3, -0.25) is 10.1 Å². The number of hydrogen-bond donors (Lipinski definition) is 0. The van der Waals surface area contributed by atoms with E-state index in [0.29, 0.717) is 12.8 Å². The van der Waals surface area contributed by atoms with Crippen LogP contribution in [0.25, 0.3) is 0 Å². The zero-order valence-electron chi connectivity index (χ0n) is 8.38. The van der Waals surface area contributed by atoms with Gasteiger partial charge in [-0.05, 0) is 12.8 Å². The van der Waals surface area contributed by atoms with E-state index >= 15 is 0 Å². The molecule has 0 bridgehead atoms. The fourth-order valence-corrected chi connectivity index (χ4v) is 1.76. The molecule has 3 nitrogen and oxygen atoms in total. The molecule has 0 aliphatic rings. The third kappa shape index (κ3) is 4.60. The Bertz CT molecular complexity index is 154. The third-order valence-corrected chi connectivity index (χ3v) is 3.24. The molecule has 0 amide bonds. The van der Waals surface area contributed by atoms with E-state index in [1.165, 1.54) is 0 Å². The molecule has 0 saturated carbocycles. The van der Waals surface area contributed by atoms with Gasteiger partial charge in [0.1, 0.15) is 0 Å². The van der Waals surface area contributed by atoms with Crippen LogP contribution in [-0.4, -0.2) is 9.37 Å². The molecule has 0 saturated heterocycles. The standard InChI is InChI=1S/C9H18BrNO2/c1-3-5-7-9(10,11(12)13)8-6-4-2/h3-8H2,1-2H3. The summed E-state index contributed by atoms with van der Waals surface area (Å²) in [5.41, 5.74) is 0. The minimum atomic E-state index is -0.862. The fraction of sp³-hybridized carbons (Fsp3) is 1.00. The maximum Gasteiger partial charge on any atom is 0.274 e. The second kappa shape index (κ2) is 6.35. The van der Waals surface area contributed by atoms with E-state index in [2.05, 4.69) is 15.9 Å². The normalized spacial score (nSPS) is 11.6. The van der Waals surface area contributed by atoms with Crippen LogP contribution < -0.4 is 0 Å². The van der Waals surface area contributed by atoms with Crippen molar-refractivity contribution >= 4 is 15.9 Å². The number of halogens is 1. The lowest BCUT2D eigenvalue weighted by atomic mass is 10.0. The summed E-state index contributed by atoms with van der Waals surface area (Å²) in [5, 5.41) is 10.8. The monoisotopic (exact) mass is 251 g/mol. The van der Waals surface area contributed by atoms with Crippen molar-refractivity contribution in [2.75, 3.05) is 0 Å². The zero-order chi connectivity index (χ0) is 10.3. The summed E-state index contributed by atoms with van der Waals surface area (Å²) in [7, 11) is 0. The minimum absolute atomic E-state index is 0.182. The summed E-state index contributed by atoms with van der Waals surface area (Å²) in [6.45, 7) is 4.10. The van der Waals surface area contributed by atoms with Crippen LogP contribution in [0.2, 0.25) is 0 Å². The van der Waals surface area contributed by atoms with Crippen molar-refractivity contribution in [3.8, 4) is 0 Å². The van der Waals surface area contributed by atoms with Gasteiger partial charge < -0.3 is 0 Å². The highest BCUT2D eigenvalue weighted by atomic mass is 79.9. The second-order valence-corrected chi connectivity index (χ2v) is 4.86. The summed E-state index contributed by atoms with van der Waals surface area (Å²) in [6, 6.07) is 0. The first-order valence-corrected chi connectivity index (χ1v) is 5.69. The Morgan fingerprint density at radius 2 is 1.62 bits per heavy atom. The van der Waals surface area contributed by atoms with Crippen molar-refractivity contribution in [1.82, 2.24) is 0 Å². The molecule has 78 valence electrons. The Morgan fingerprint density at radius 3 is 1.85 bits per heavy atom. The van der Waals surface area contributed by atoms with Crippen LogP contribution in [0.1, 0.15) is 52.4 Å². The molecular formula is C9H18BrNO2. The lowest BCUT2D eigenvalue weighted by Crippen LogP contribution is -2.31. The second-order valence-electron chi connectivity index (χ2n) is 3.38. The van der Waals surface area contributed by atoms with Gasteiger partial charge in [0.2, 0.25) is 0 Å². The first kappa shape index (κ1) is 12.9. The van der Waals surface area contributed by atoms with Gasteiger partial charge in [-0.1, -0.05) is 26.7 Å². The highest BCUT2D eigenvalue weighted by molar-refractivity contribution is 9.10. The predicted molar refractivity (Wildman–Crippen MR) is 57.7 cm³/mol. The topological polar surface area (TPSA) is 43.1 Å². The van der Waals surface area contributed by atoms with E-state index in [0.717, 1.165) is 25.7 Å². The number of rotatable bonds is 7. The Hall–Kier alpha value is -0.120. The molecule has 0 heterocycles. The Labute approximate surface area is 88.2 Å². The molecule has 13 heavy (non-hydrogen) atoms. The molecule has 0 rings (SSSR count). The van der Waals surface area contributed by atoms with Crippen molar-refractivity contribution in [2.24, 2.45) is 0 Å². The van der Waals surface area contributed by atoms with Crippen LogP contribution in [0.5, 0.6) is 0 Å². The summed E-state index contributed by atoms with van der Waals surface area (Å²) in [5.74, 6) is 0. The molecule has 0 aliphatic heterocycles. The maximum absolute atomic E-state index is 10.8. The molecule has 0 aromatic rings. The highest BCUT2D eigenvalue weighted by Crippen LogP contribution is 2.31. The molecule has 0 fully saturated rings. The molecule has 0 aromatic heterocycles. The van der Waals surface area contributed by atoms with E-state index in [-0.39, 0.29) is 4.92 Å². The van der Waals surface area contributed by atoms with Gasteiger partial charge in [0.15, 0.2) is 0 Å². The Kier molecular flexibility index (Phi) is 6.29. The molecule has 0 radical (unpaired) electrons. The summed E-state index contributed by atoms with van der Waals surface area (Å²) in [6.07, 6.45) is 5.11. The van der Waals surface area contributed by atoms with Gasteiger partial charge in [-0.25, -0.2) is 0 Å². The zero-order valence-corrected chi connectivity index (χ0v) is 9.97. The SMILES string of the molecule is CCCCC(Br)(CCCC)[N+](=O)[O-]. The smallest absolute Gasteiger partial charge is 0.263 e. The molecular weight excluding hydrogens is 234 g/mol. The molecule has 4 heteroatoms. The third-order valence-electron chi connectivity index (χ3n) is 2.15. The van der Waals surface area contributed by atoms with E-state index in [1.807, 2.05) is 13.8 Å². The molecule has 0 aromatic carbocycles. The van der Waals surface area contributed by atoms with Crippen molar-refractivity contribution < 1.29 is 4.92 Å². The average Bonchev–Trinajstić information content (AvgIpc) is 2.11. The average molecular weight is 252 g/mol. The number of alkyl halides is 1. The number of nitrogens with zero attached hydrogens (tertiary/aromatic N) is 1. The van der Waals surface area contributed by atoms with E-state index < -0.39 is 4.45 Å². The largest absolute Gasteiger partial charge is 0.274 e. The van der Waals surface area contributed by atoms with E-state index in [1.54, 1.807) is 0 Å². The Balaban J connectivity index is 4.08. The molecule has 0 atom stereocenters. The lowest BCUT2D eigenvalue weighted by Gasteiger charge is -2.18. The molecule has 0 N–H and O–H groups in total. The summed E-state index contributed by atoms with van der Waals surface area (Å²) < 4.78 is -0.862. The van der Waals surface area contributed by atoms with Crippen molar-refractivity contribution in [2.45, 2.75) is 56.8 Å². The maximum atomic E-state index is 10.8. The number of hydrogen-bond acceptors (Lipinski definition) is 2. The highest BCUT2D eigenvalue weighted by Gasteiger charge is 2.37. The van der Waals surface area contributed by atoms with Crippen LogP contribution in [0.3, 0.4) is 0 Å². The summed E-state index contributed by atoms with van der Waals surface area (Å²) in [4.78, 5) is 10.6. The molecule has 0 unspecified atom stereocenters. The number of unbranched alkanes of at least 4 members (excludes halogenated alkanes) is 2. The van der Waals surface area contributed by atoms with Gasteiger partial charge >= 0.3 is 0 Å². The first-order valence-electron chi connectivity index (χ1n) is 4.90. The fourth-order valence-electron chi connectivity index (χ4n) is 1.20. The van der Waals surface area contributed by atoms with Gasteiger partial charge in [0.25, 0.3) is 4.45 Å². The summed E-state index contributed by atoms with van der Waals surface area (Å²) >= 11 is 3.25. The van der Waals surface area contributed by atoms with Crippen LogP contribution in [0, 0.1) is 10.1 Å². The predicted octanol–water partition coefficient (Wildman–Crippen LogP) is 3.73. The van der Waals surface area contributed by atoms with Crippen molar-refractivity contribution in [3.63, 3.8) is 0 Å². The van der Waals surface area contributed by atoms with Gasteiger partial charge in [-0.2, -0.15) is 0 Å². The molecule has 0 spiro atoms. The Morgan fingerprint density at radius 1 is 1.23 bits per heavy atom. The van der Waals surface area contributed by atoms with Gasteiger partial charge in [-0.15, -0.1) is 0 Å². The van der Waals surface area contributed by atoms with Crippen LogP contribution in [0.15, 0.2) is 0 Å². The van der Waals surface area contributed by atoms with Gasteiger partial charge in [0.05, 0.1) is 0 Å². The van der Waals surface area contributed by atoms with Crippen LogP contribution >= 0.6 is 15.9 Å². The minimum Gasteiger partial charge on any atom is -0.263 e. The van der Waals surface area contributed by atoms with Crippen molar-refractivity contribution in [1.29, 1.82) is 0 Å². The van der Waals surface area contributed by atoms with E-state index in [4.69, 9.17) is 0 Å². The number of nitro groups is 1. The van der Waals surface area contributed by atoms with E-state index in [9.17, 15) is 10.1 Å². The van der Waals surface area contributed by atoms with Crippen LogP contribution in [0.4, 0.5) is 0 Å².